The van der Waals surface area contributed by atoms with E-state index in [4.69, 9.17) is 4.74 Å². The Morgan fingerprint density at radius 3 is 2.76 bits per heavy atom. The Morgan fingerprint density at radius 2 is 1.92 bits per heavy atom. The van der Waals surface area contributed by atoms with Crippen molar-refractivity contribution in [2.75, 3.05) is 18.6 Å². The van der Waals surface area contributed by atoms with Crippen molar-refractivity contribution < 1.29 is 14.3 Å². The van der Waals surface area contributed by atoms with E-state index in [1.54, 1.807) is 18.1 Å². The summed E-state index contributed by atoms with van der Waals surface area (Å²) in [4.78, 5) is 31.3. The van der Waals surface area contributed by atoms with Crippen molar-refractivity contribution in [3.63, 3.8) is 0 Å². The maximum Gasteiger partial charge on any atom is 0.259 e. The minimum atomic E-state index is -0.0704. The molecule has 0 saturated carbocycles. The molecule has 1 aromatic heterocycles. The van der Waals surface area contributed by atoms with Gasteiger partial charge in [0.1, 0.15) is 5.82 Å². The zero-order valence-electron chi connectivity index (χ0n) is 14.2. The maximum atomic E-state index is 13.0. The first-order valence-corrected chi connectivity index (χ1v) is 8.69. The van der Waals surface area contributed by atoms with Gasteiger partial charge in [-0.2, -0.15) is 4.98 Å². The monoisotopic (exact) mass is 336 g/mol. The highest BCUT2D eigenvalue weighted by molar-refractivity contribution is 6.07. The number of rotatable bonds is 2. The van der Waals surface area contributed by atoms with E-state index in [1.165, 1.54) is 0 Å². The van der Waals surface area contributed by atoms with Crippen LogP contribution in [-0.4, -0.2) is 30.3 Å². The van der Waals surface area contributed by atoms with Crippen molar-refractivity contribution in [2.45, 2.75) is 32.1 Å². The van der Waals surface area contributed by atoms with Gasteiger partial charge in [0.25, 0.3) is 5.91 Å². The number of ketones is 1. The Balaban J connectivity index is 1.67. The minimum absolute atomic E-state index is 0.0704. The van der Waals surface area contributed by atoms with Crippen LogP contribution in [0.25, 0.3) is 0 Å². The number of hydrogen-bond acceptors (Lipinski definition) is 4. The van der Waals surface area contributed by atoms with Crippen LogP contribution in [0.2, 0.25) is 0 Å². The second kappa shape index (κ2) is 6.31. The summed E-state index contributed by atoms with van der Waals surface area (Å²) in [6.45, 7) is 0.615. The van der Waals surface area contributed by atoms with E-state index < -0.39 is 0 Å². The summed E-state index contributed by atoms with van der Waals surface area (Å²) in [6.07, 6.45) is 4.15. The largest absolute Gasteiger partial charge is 0.481 e. The van der Waals surface area contributed by atoms with Crippen LogP contribution in [0.15, 0.2) is 30.3 Å². The van der Waals surface area contributed by atoms with E-state index in [0.29, 0.717) is 30.2 Å². The summed E-state index contributed by atoms with van der Waals surface area (Å²) in [5.74, 6) is 1.30. The van der Waals surface area contributed by atoms with E-state index in [0.717, 1.165) is 42.4 Å². The number of benzene rings is 1. The van der Waals surface area contributed by atoms with Crippen molar-refractivity contribution in [2.24, 2.45) is 0 Å². The van der Waals surface area contributed by atoms with Gasteiger partial charge >= 0.3 is 0 Å². The Bertz CT molecular complexity index is 860. The summed E-state index contributed by atoms with van der Waals surface area (Å²) in [6, 6.07) is 9.25. The highest BCUT2D eigenvalue weighted by atomic mass is 16.5. The van der Waals surface area contributed by atoms with E-state index in [-0.39, 0.29) is 11.7 Å². The normalized spacial score (nSPS) is 16.2. The summed E-state index contributed by atoms with van der Waals surface area (Å²) in [5.41, 5.74) is 3.44. The summed E-state index contributed by atoms with van der Waals surface area (Å²) in [7, 11) is 1.57. The second-order valence-electron chi connectivity index (χ2n) is 6.55. The Hall–Kier alpha value is -2.69. The van der Waals surface area contributed by atoms with Gasteiger partial charge in [0.2, 0.25) is 5.88 Å². The maximum absolute atomic E-state index is 13.0. The first-order chi connectivity index (χ1) is 12.2. The summed E-state index contributed by atoms with van der Waals surface area (Å²) >= 11 is 0. The number of aryl methyl sites for hydroxylation is 1. The lowest BCUT2D eigenvalue weighted by molar-refractivity contribution is 0.0973. The quantitative estimate of drug-likeness (QED) is 0.790. The fourth-order valence-electron chi connectivity index (χ4n) is 3.64. The van der Waals surface area contributed by atoms with Gasteiger partial charge in [-0.05, 0) is 55.0 Å². The zero-order valence-corrected chi connectivity index (χ0v) is 14.2. The van der Waals surface area contributed by atoms with Gasteiger partial charge in [-0.25, -0.2) is 0 Å². The number of nitrogens with zero attached hydrogens (tertiary/aromatic N) is 2. The number of anilines is 1. The van der Waals surface area contributed by atoms with Crippen LogP contribution in [0.4, 0.5) is 5.82 Å². The molecule has 2 heterocycles. The molecule has 1 amide bonds. The molecule has 25 heavy (non-hydrogen) atoms. The van der Waals surface area contributed by atoms with Crippen LogP contribution in [0.5, 0.6) is 5.88 Å². The Morgan fingerprint density at radius 1 is 1.08 bits per heavy atom. The lowest BCUT2D eigenvalue weighted by Gasteiger charge is -2.17. The minimum Gasteiger partial charge on any atom is -0.481 e. The lowest BCUT2D eigenvalue weighted by Crippen LogP contribution is -2.29. The molecule has 0 spiro atoms. The SMILES string of the molecule is COc1ccc2c(n1)N(C(=O)c1ccc3c(c1)CCCCC3=O)CC2. The van der Waals surface area contributed by atoms with E-state index in [1.807, 2.05) is 24.3 Å². The van der Waals surface area contributed by atoms with E-state index in [9.17, 15) is 9.59 Å². The number of Topliss-reactive ketones (excluding diaryl/α,β-unsaturated/α-hetero) is 1. The number of pyridine rings is 1. The predicted molar refractivity (Wildman–Crippen MR) is 94.5 cm³/mol. The molecule has 1 aliphatic heterocycles. The van der Waals surface area contributed by atoms with Crippen LogP contribution in [-0.2, 0) is 12.8 Å². The number of carbonyl (C=O) groups is 2. The fourth-order valence-corrected chi connectivity index (χ4v) is 3.64. The molecule has 5 heteroatoms. The highest BCUT2D eigenvalue weighted by Gasteiger charge is 2.28. The van der Waals surface area contributed by atoms with E-state index >= 15 is 0 Å². The molecule has 1 aromatic carbocycles. The van der Waals surface area contributed by atoms with Crippen LogP contribution in [0, 0.1) is 0 Å². The van der Waals surface area contributed by atoms with Crippen molar-refractivity contribution in [3.8, 4) is 5.88 Å². The third-order valence-corrected chi connectivity index (χ3v) is 5.00. The standard InChI is InChI=1S/C20H20N2O3/c1-25-18-9-7-13-10-11-22(19(13)21-18)20(24)15-6-8-16-14(12-15)4-2-3-5-17(16)23/h6-9,12H,2-5,10-11H2,1H3. The van der Waals surface area contributed by atoms with Gasteiger partial charge in [-0.3, -0.25) is 14.5 Å². The first kappa shape index (κ1) is 15.8. The molecule has 0 radical (unpaired) electrons. The smallest absolute Gasteiger partial charge is 0.259 e. The lowest BCUT2D eigenvalue weighted by atomic mass is 9.99. The van der Waals surface area contributed by atoms with Gasteiger partial charge in [0, 0.05) is 30.2 Å². The third kappa shape index (κ3) is 2.80. The summed E-state index contributed by atoms with van der Waals surface area (Å²) < 4.78 is 5.19. The number of fused-ring (bicyclic) bond motifs is 2. The molecule has 2 aliphatic rings. The van der Waals surface area contributed by atoms with Gasteiger partial charge in [-0.15, -0.1) is 0 Å². The molecular formula is C20H20N2O3. The predicted octanol–water partition coefficient (Wildman–Crippen LogP) is 3.20. The third-order valence-electron chi connectivity index (χ3n) is 5.00. The summed E-state index contributed by atoms with van der Waals surface area (Å²) in [5, 5.41) is 0. The number of ether oxygens (including phenoxy) is 1. The second-order valence-corrected chi connectivity index (χ2v) is 6.55. The molecule has 2 aromatic rings. The molecule has 5 nitrogen and oxygen atoms in total. The molecular weight excluding hydrogens is 316 g/mol. The van der Waals surface area contributed by atoms with Gasteiger partial charge < -0.3 is 4.74 Å². The van der Waals surface area contributed by atoms with Crippen molar-refractivity contribution in [1.82, 2.24) is 4.98 Å². The Kier molecular flexibility index (Phi) is 3.99. The van der Waals surface area contributed by atoms with Crippen molar-refractivity contribution in [1.29, 1.82) is 0 Å². The first-order valence-electron chi connectivity index (χ1n) is 8.69. The van der Waals surface area contributed by atoms with Gasteiger partial charge in [0.15, 0.2) is 5.78 Å². The molecule has 0 atom stereocenters. The number of aromatic nitrogens is 1. The average Bonchev–Trinajstić information content (AvgIpc) is 2.98. The van der Waals surface area contributed by atoms with Crippen LogP contribution in [0.1, 0.15) is 51.1 Å². The molecule has 128 valence electrons. The number of carbonyl (C=O) groups excluding carboxylic acids is 2. The van der Waals surface area contributed by atoms with Crippen molar-refractivity contribution in [3.05, 3.63) is 52.6 Å². The molecule has 0 N–H and O–H groups in total. The molecule has 0 fully saturated rings. The number of methoxy groups -OCH3 is 1. The molecule has 0 bridgehead atoms. The zero-order chi connectivity index (χ0) is 17.4. The van der Waals surface area contributed by atoms with Crippen molar-refractivity contribution >= 4 is 17.5 Å². The average molecular weight is 336 g/mol. The molecule has 0 unspecified atom stereocenters. The van der Waals surface area contributed by atoms with Crippen LogP contribution < -0.4 is 9.64 Å². The molecule has 4 rings (SSSR count). The highest BCUT2D eigenvalue weighted by Crippen LogP contribution is 2.30. The van der Waals surface area contributed by atoms with Gasteiger partial charge in [-0.1, -0.05) is 6.07 Å². The topological polar surface area (TPSA) is 59.5 Å². The molecule has 0 saturated heterocycles. The number of amides is 1. The van der Waals surface area contributed by atoms with Crippen LogP contribution >= 0.6 is 0 Å². The number of hydrogen-bond donors (Lipinski definition) is 0. The fraction of sp³-hybridized carbons (Fsp3) is 0.350. The van der Waals surface area contributed by atoms with Gasteiger partial charge in [0.05, 0.1) is 7.11 Å². The van der Waals surface area contributed by atoms with Crippen LogP contribution in [0.3, 0.4) is 0 Å². The van der Waals surface area contributed by atoms with E-state index in [2.05, 4.69) is 4.98 Å². The molecule has 1 aliphatic carbocycles. The Labute approximate surface area is 146 Å².